The molecule has 9 N–H and O–H groups in total. The molecule has 3 aromatic rings. The number of nitrogens with one attached hydrogen (secondary N) is 1. The lowest BCUT2D eigenvalue weighted by atomic mass is 10.0. The highest BCUT2D eigenvalue weighted by atomic mass is 35.5. The van der Waals surface area contributed by atoms with Gasteiger partial charge in [0.2, 0.25) is 17.8 Å². The van der Waals surface area contributed by atoms with Crippen molar-refractivity contribution in [3.8, 4) is 0 Å². The molecule has 37 heavy (non-hydrogen) atoms. The lowest BCUT2D eigenvalue weighted by Gasteiger charge is -2.36. The maximum Gasteiger partial charge on any atom is 0.235 e. The topological polar surface area (TPSA) is 208 Å². The molecular weight excluding hydrogens is 538 g/mol. The summed E-state index contributed by atoms with van der Waals surface area (Å²) >= 11 is 1.31. The highest BCUT2D eigenvalue weighted by Gasteiger charge is 2.29. The second-order valence-corrected chi connectivity index (χ2v) is 12.7. The summed E-state index contributed by atoms with van der Waals surface area (Å²) in [5.41, 5.74) is 25.5. The molecule has 2 aliphatic rings. The number of rotatable bonds is 5. The largest absolute Gasteiger partial charge is 0.338 e. The molecule has 0 spiro atoms. The van der Waals surface area contributed by atoms with Crippen LogP contribution in [0.25, 0.3) is 10.2 Å². The molecule has 0 unspecified atom stereocenters. The quantitative estimate of drug-likeness (QED) is 0.269. The van der Waals surface area contributed by atoms with Crippen LogP contribution in [0.1, 0.15) is 12.8 Å². The van der Waals surface area contributed by atoms with Gasteiger partial charge in [-0.3, -0.25) is 5.32 Å². The van der Waals surface area contributed by atoms with Crippen LogP contribution in [0.5, 0.6) is 0 Å². The van der Waals surface area contributed by atoms with Crippen LogP contribution in [0.4, 0.5) is 23.0 Å². The third kappa shape index (κ3) is 6.37. The number of fused-ring (bicyclic) bond motifs is 1. The minimum absolute atomic E-state index is 0. The van der Waals surface area contributed by atoms with E-state index in [9.17, 15) is 8.42 Å². The molecule has 2 fully saturated rings. The Morgan fingerprint density at radius 2 is 1.38 bits per heavy atom. The number of sulfone groups is 1. The Labute approximate surface area is 225 Å². The Bertz CT molecular complexity index is 1310. The van der Waals surface area contributed by atoms with Gasteiger partial charge in [-0.2, -0.15) is 15.0 Å². The minimum Gasteiger partial charge on any atom is -0.338 e. The molecule has 0 saturated carbocycles. The first-order valence-corrected chi connectivity index (χ1v) is 14.4. The Morgan fingerprint density at radius 1 is 0.865 bits per heavy atom. The zero-order valence-electron chi connectivity index (χ0n) is 20.3. The molecule has 0 amide bonds. The molecule has 4 heterocycles. The fraction of sp³-hybridized carbons (Fsp3) is 0.524. The predicted molar refractivity (Wildman–Crippen MR) is 149 cm³/mol. The van der Waals surface area contributed by atoms with Gasteiger partial charge in [0.05, 0.1) is 15.1 Å². The number of nitrogens with two attached hydrogens (primary N) is 4. The summed E-state index contributed by atoms with van der Waals surface area (Å²) in [6.45, 7) is 2.30. The van der Waals surface area contributed by atoms with Crippen LogP contribution in [0.2, 0.25) is 0 Å². The third-order valence-corrected chi connectivity index (χ3v) is 8.26. The van der Waals surface area contributed by atoms with Crippen molar-refractivity contribution in [3.05, 3.63) is 18.2 Å². The van der Waals surface area contributed by atoms with Gasteiger partial charge in [0.15, 0.2) is 15.0 Å². The molecule has 0 radical (unpaired) electrons. The summed E-state index contributed by atoms with van der Waals surface area (Å²) in [6, 6.07) is 4.50. The second-order valence-electron chi connectivity index (χ2n) is 9.63. The number of hydrogen-bond donors (Lipinski definition) is 5. The molecule has 1 aromatic carbocycles. The van der Waals surface area contributed by atoms with Gasteiger partial charge in [-0.15, -0.1) is 12.4 Å². The van der Waals surface area contributed by atoms with Crippen LogP contribution < -0.4 is 38.1 Å². The summed E-state index contributed by atoms with van der Waals surface area (Å²) in [5, 5.41) is 3.70. The molecule has 2 saturated heterocycles. The van der Waals surface area contributed by atoms with Crippen molar-refractivity contribution in [2.24, 2.45) is 22.9 Å². The molecule has 0 bridgehead atoms. The Morgan fingerprint density at radius 3 is 1.86 bits per heavy atom. The van der Waals surface area contributed by atoms with Gasteiger partial charge in [-0.05, 0) is 31.0 Å². The van der Waals surface area contributed by atoms with Crippen molar-refractivity contribution in [1.82, 2.24) is 19.9 Å². The van der Waals surface area contributed by atoms with Crippen molar-refractivity contribution >= 4 is 66.8 Å². The number of aromatic nitrogens is 4. The summed E-state index contributed by atoms with van der Waals surface area (Å²) in [4.78, 5) is 22.8. The molecule has 16 heteroatoms. The summed E-state index contributed by atoms with van der Waals surface area (Å²) in [5.74, 6) is 1.22. The summed E-state index contributed by atoms with van der Waals surface area (Å²) in [6.07, 6.45) is 2.64. The van der Waals surface area contributed by atoms with E-state index in [1.807, 2.05) is 9.80 Å². The molecule has 4 atom stereocenters. The van der Waals surface area contributed by atoms with E-state index >= 15 is 0 Å². The fourth-order valence-electron chi connectivity index (χ4n) is 4.66. The SMILES string of the molecule is CS(=O)(=O)c1ccc2nc(Nc3nc(N4C[C@H](N)C[C@H](N)C4)nc(N4C[C@H](N)C[C@H](N)C4)n3)sc2c1.Cl. The van der Waals surface area contributed by atoms with Crippen LogP contribution in [0.15, 0.2) is 23.1 Å². The Balaban J connectivity index is 0.00000320. The number of piperidine rings is 2. The van der Waals surface area contributed by atoms with Gasteiger partial charge in [-0.25, -0.2) is 13.4 Å². The summed E-state index contributed by atoms with van der Waals surface area (Å²) < 4.78 is 24.6. The van der Waals surface area contributed by atoms with Crippen molar-refractivity contribution in [2.45, 2.75) is 41.9 Å². The van der Waals surface area contributed by atoms with E-state index in [4.69, 9.17) is 27.9 Å². The zero-order chi connectivity index (χ0) is 25.6. The van der Waals surface area contributed by atoms with Crippen LogP contribution in [-0.4, -0.2) is 85.0 Å². The number of hydrogen-bond acceptors (Lipinski definition) is 14. The highest BCUT2D eigenvalue weighted by molar-refractivity contribution is 7.90. The molecule has 202 valence electrons. The average Bonchev–Trinajstić information content (AvgIpc) is 3.18. The van der Waals surface area contributed by atoms with E-state index in [2.05, 4.69) is 20.3 Å². The van der Waals surface area contributed by atoms with E-state index in [-0.39, 0.29) is 41.5 Å². The lowest BCUT2D eigenvalue weighted by Crippen LogP contribution is -2.54. The standard InChI is InChI=1S/C21H31N11O2S2.ClH/c1-36(33,34)15-2-3-16-17(6-15)35-21(26-16)29-18-27-19(31-7-11(22)4-12(23)8-31)30-20(28-18)32-9-13(24)5-14(25)10-32;/h2-3,6,11-14H,4-5,7-10,22-25H2,1H3,(H,26,27,28,29,30);1H/t11-,12+,13-,14+;. The van der Waals surface area contributed by atoms with E-state index in [1.165, 1.54) is 17.6 Å². The van der Waals surface area contributed by atoms with Crippen molar-refractivity contribution in [2.75, 3.05) is 47.6 Å². The zero-order valence-corrected chi connectivity index (χ0v) is 22.8. The van der Waals surface area contributed by atoms with Gasteiger partial charge in [0.25, 0.3) is 0 Å². The number of benzene rings is 1. The molecule has 13 nitrogen and oxygen atoms in total. The first kappa shape index (κ1) is 27.6. The van der Waals surface area contributed by atoms with Crippen LogP contribution in [-0.2, 0) is 9.84 Å². The maximum atomic E-state index is 11.9. The van der Waals surface area contributed by atoms with Crippen molar-refractivity contribution in [1.29, 1.82) is 0 Å². The number of nitrogens with zero attached hydrogens (tertiary/aromatic N) is 6. The Kier molecular flexibility index (Phi) is 8.04. The van der Waals surface area contributed by atoms with Crippen LogP contribution in [0, 0.1) is 0 Å². The smallest absolute Gasteiger partial charge is 0.235 e. The third-order valence-electron chi connectivity index (χ3n) is 6.21. The van der Waals surface area contributed by atoms with Gasteiger partial charge in [0, 0.05) is 56.6 Å². The predicted octanol–water partition coefficient (Wildman–Crippen LogP) is -0.220. The monoisotopic (exact) mass is 569 g/mol. The van der Waals surface area contributed by atoms with Crippen molar-refractivity contribution < 1.29 is 8.42 Å². The maximum absolute atomic E-state index is 11.9. The van der Waals surface area contributed by atoms with Crippen molar-refractivity contribution in [3.63, 3.8) is 0 Å². The number of anilines is 4. The van der Waals surface area contributed by atoms with Gasteiger partial charge in [-0.1, -0.05) is 11.3 Å². The first-order valence-electron chi connectivity index (χ1n) is 11.7. The molecule has 2 aromatic heterocycles. The van der Waals surface area contributed by atoms with E-state index < -0.39 is 9.84 Å². The lowest BCUT2D eigenvalue weighted by molar-refractivity contribution is 0.441. The highest BCUT2D eigenvalue weighted by Crippen LogP contribution is 2.30. The van der Waals surface area contributed by atoms with Gasteiger partial charge >= 0.3 is 0 Å². The van der Waals surface area contributed by atoms with E-state index in [0.717, 1.165) is 17.5 Å². The first-order chi connectivity index (χ1) is 17.0. The minimum atomic E-state index is -3.32. The van der Waals surface area contributed by atoms with Crippen LogP contribution >= 0.6 is 23.7 Å². The van der Waals surface area contributed by atoms with Gasteiger partial charge < -0.3 is 32.7 Å². The normalized spacial score (nSPS) is 24.7. The molecule has 5 rings (SSSR count). The van der Waals surface area contributed by atoms with E-state index in [0.29, 0.717) is 54.7 Å². The summed E-state index contributed by atoms with van der Waals surface area (Å²) in [7, 11) is -3.32. The average molecular weight is 570 g/mol. The molecule has 0 aliphatic carbocycles. The number of thiazole rings is 1. The number of halogens is 1. The molecular formula is C21H32ClN11O2S2. The molecule has 2 aliphatic heterocycles. The second kappa shape index (κ2) is 10.8. The van der Waals surface area contributed by atoms with Gasteiger partial charge in [0.1, 0.15) is 0 Å². The fourth-order valence-corrected chi connectivity index (χ4v) is 6.28. The Hall–Kier alpha value is -2.40. The van der Waals surface area contributed by atoms with Crippen LogP contribution in [0.3, 0.4) is 0 Å². The van der Waals surface area contributed by atoms with E-state index in [1.54, 1.807) is 18.2 Å².